The summed E-state index contributed by atoms with van der Waals surface area (Å²) in [5.41, 5.74) is 1.21. The van der Waals surface area contributed by atoms with Gasteiger partial charge in [0, 0.05) is 18.7 Å². The zero-order valence-electron chi connectivity index (χ0n) is 13.4. The summed E-state index contributed by atoms with van der Waals surface area (Å²) in [7, 11) is 0. The van der Waals surface area contributed by atoms with E-state index in [1.807, 2.05) is 6.92 Å². The molecule has 1 unspecified atom stereocenters. The minimum absolute atomic E-state index is 0.317. The van der Waals surface area contributed by atoms with Gasteiger partial charge >= 0.3 is 0 Å². The molecule has 0 aliphatic carbocycles. The molecule has 3 rings (SSSR count). The Bertz CT molecular complexity index is 906. The molecule has 3 aromatic rings. The largest absolute Gasteiger partial charge is 0.386 e. The molecule has 25 heavy (non-hydrogen) atoms. The van der Waals surface area contributed by atoms with Crippen molar-refractivity contribution in [2.24, 2.45) is 0 Å². The first-order valence-electron chi connectivity index (χ1n) is 7.74. The van der Waals surface area contributed by atoms with E-state index in [4.69, 9.17) is 0 Å². The lowest BCUT2D eigenvalue weighted by Crippen LogP contribution is -2.29. The van der Waals surface area contributed by atoms with Crippen molar-refractivity contribution >= 4 is 16.9 Å². The number of fused-ring (bicyclic) bond motifs is 1. The van der Waals surface area contributed by atoms with Gasteiger partial charge in [-0.1, -0.05) is 11.3 Å². The maximum Gasteiger partial charge on any atom is 0.251 e. The van der Waals surface area contributed by atoms with Crippen molar-refractivity contribution in [3.8, 4) is 0 Å². The summed E-state index contributed by atoms with van der Waals surface area (Å²) < 4.78 is 29.0. The highest BCUT2D eigenvalue weighted by Gasteiger charge is 2.19. The van der Waals surface area contributed by atoms with Crippen molar-refractivity contribution in [2.45, 2.75) is 19.6 Å². The van der Waals surface area contributed by atoms with E-state index in [0.717, 1.165) is 17.6 Å². The Morgan fingerprint density at radius 3 is 2.68 bits per heavy atom. The molecule has 1 heterocycles. The number of carbonyl (C=O) groups excluding carboxylic acids is 1. The topological polar surface area (TPSA) is 80.0 Å². The van der Waals surface area contributed by atoms with Crippen molar-refractivity contribution in [3.63, 3.8) is 0 Å². The van der Waals surface area contributed by atoms with Gasteiger partial charge in [-0.05, 0) is 37.3 Å². The number of aryl methyl sites for hydroxylation is 1. The van der Waals surface area contributed by atoms with Gasteiger partial charge in [0.15, 0.2) is 0 Å². The predicted molar refractivity (Wildman–Crippen MR) is 86.9 cm³/mol. The number of carbonyl (C=O) groups is 1. The van der Waals surface area contributed by atoms with E-state index in [9.17, 15) is 18.7 Å². The first kappa shape index (κ1) is 17.0. The molecule has 1 amide bonds. The highest BCUT2D eigenvalue weighted by atomic mass is 19.1. The second kappa shape index (κ2) is 6.94. The van der Waals surface area contributed by atoms with Gasteiger partial charge in [-0.25, -0.2) is 13.5 Å². The van der Waals surface area contributed by atoms with Crippen LogP contribution in [-0.4, -0.2) is 32.6 Å². The fourth-order valence-electron chi connectivity index (χ4n) is 2.57. The van der Waals surface area contributed by atoms with Crippen LogP contribution in [0.25, 0.3) is 11.0 Å². The Labute approximate surface area is 142 Å². The molecule has 6 nitrogen and oxygen atoms in total. The fraction of sp³-hybridized carbons (Fsp3) is 0.235. The first-order valence-corrected chi connectivity index (χ1v) is 7.74. The van der Waals surface area contributed by atoms with Crippen molar-refractivity contribution < 1.29 is 18.7 Å². The molecule has 0 fully saturated rings. The molecule has 2 aromatic carbocycles. The molecule has 1 atom stereocenters. The molecule has 0 saturated heterocycles. The van der Waals surface area contributed by atoms with Crippen LogP contribution in [0.15, 0.2) is 36.4 Å². The lowest BCUT2D eigenvalue weighted by atomic mass is 10.1. The summed E-state index contributed by atoms with van der Waals surface area (Å²) >= 11 is 0. The third-order valence-corrected chi connectivity index (χ3v) is 3.86. The van der Waals surface area contributed by atoms with E-state index >= 15 is 0 Å². The number of rotatable bonds is 5. The molecule has 0 aliphatic rings. The van der Waals surface area contributed by atoms with Crippen molar-refractivity contribution in [2.75, 3.05) is 6.54 Å². The van der Waals surface area contributed by atoms with Gasteiger partial charge in [-0.15, -0.1) is 5.10 Å². The molecule has 0 radical (unpaired) electrons. The van der Waals surface area contributed by atoms with Crippen LogP contribution in [0.5, 0.6) is 0 Å². The Morgan fingerprint density at radius 2 is 2.00 bits per heavy atom. The Kier molecular flexibility index (Phi) is 4.71. The minimum Gasteiger partial charge on any atom is -0.386 e. The highest BCUT2D eigenvalue weighted by Crippen LogP contribution is 2.20. The summed E-state index contributed by atoms with van der Waals surface area (Å²) in [4.78, 5) is 12.2. The molecule has 8 heteroatoms. The molecule has 0 spiro atoms. The third kappa shape index (κ3) is 3.34. The van der Waals surface area contributed by atoms with E-state index in [1.54, 1.807) is 22.9 Å². The molecular weight excluding hydrogens is 330 g/mol. The van der Waals surface area contributed by atoms with E-state index in [2.05, 4.69) is 15.6 Å². The second-order valence-electron chi connectivity index (χ2n) is 5.47. The van der Waals surface area contributed by atoms with E-state index in [1.165, 1.54) is 6.07 Å². The Balaban J connectivity index is 1.72. The summed E-state index contributed by atoms with van der Waals surface area (Å²) in [5, 5.41) is 20.4. The van der Waals surface area contributed by atoms with Gasteiger partial charge in [0.1, 0.15) is 23.3 Å². The van der Waals surface area contributed by atoms with Gasteiger partial charge in [0.2, 0.25) is 0 Å². The molecule has 130 valence electrons. The van der Waals surface area contributed by atoms with Gasteiger partial charge in [-0.2, -0.15) is 0 Å². The average molecular weight is 346 g/mol. The summed E-state index contributed by atoms with van der Waals surface area (Å²) in [6.07, 6.45) is -1.49. The van der Waals surface area contributed by atoms with Crippen LogP contribution in [0.3, 0.4) is 0 Å². The van der Waals surface area contributed by atoms with Crippen LogP contribution < -0.4 is 5.32 Å². The van der Waals surface area contributed by atoms with E-state index < -0.39 is 29.2 Å². The highest BCUT2D eigenvalue weighted by molar-refractivity contribution is 5.97. The van der Waals surface area contributed by atoms with Crippen LogP contribution in [0.2, 0.25) is 0 Å². The summed E-state index contributed by atoms with van der Waals surface area (Å²) in [6, 6.07) is 8.20. The van der Waals surface area contributed by atoms with Gasteiger partial charge in [0.05, 0.1) is 11.1 Å². The number of hydrogen-bond donors (Lipinski definition) is 2. The number of hydrogen-bond acceptors (Lipinski definition) is 4. The maximum atomic E-state index is 13.6. The zero-order chi connectivity index (χ0) is 18.0. The molecule has 0 saturated carbocycles. The van der Waals surface area contributed by atoms with Crippen LogP contribution in [0.1, 0.15) is 28.9 Å². The monoisotopic (exact) mass is 346 g/mol. The van der Waals surface area contributed by atoms with Crippen LogP contribution in [-0.2, 0) is 6.54 Å². The SMILES string of the molecule is CCn1nnc2cc(C(=O)NCC(O)c3c(F)cccc3F)ccc21. The van der Waals surface area contributed by atoms with Crippen LogP contribution >= 0.6 is 0 Å². The number of benzene rings is 2. The van der Waals surface area contributed by atoms with Gasteiger partial charge < -0.3 is 10.4 Å². The van der Waals surface area contributed by atoms with Crippen LogP contribution in [0, 0.1) is 11.6 Å². The normalized spacial score (nSPS) is 12.3. The molecule has 2 N–H and O–H groups in total. The first-order chi connectivity index (χ1) is 12.0. The zero-order valence-corrected chi connectivity index (χ0v) is 13.4. The molecular formula is C17H16F2N4O2. The Hall–Kier alpha value is -2.87. The summed E-state index contributed by atoms with van der Waals surface area (Å²) in [6.45, 7) is 2.26. The maximum absolute atomic E-state index is 13.6. The van der Waals surface area contributed by atoms with Crippen molar-refractivity contribution in [3.05, 3.63) is 59.2 Å². The van der Waals surface area contributed by atoms with Crippen molar-refractivity contribution in [1.82, 2.24) is 20.3 Å². The quantitative estimate of drug-likeness (QED) is 0.742. The standard InChI is InChI=1S/C17H16F2N4O2/c1-2-23-14-7-6-10(8-13(14)21-22-23)17(25)20-9-15(24)16-11(18)4-3-5-12(16)19/h3-8,15,24H,2,9H2,1H3,(H,20,25). The molecule has 0 bridgehead atoms. The molecule has 0 aliphatic heterocycles. The molecule has 1 aromatic heterocycles. The predicted octanol–water partition coefficient (Wildman–Crippen LogP) is 2.19. The minimum atomic E-state index is -1.49. The number of halogens is 2. The number of aliphatic hydroxyl groups excluding tert-OH is 1. The summed E-state index contributed by atoms with van der Waals surface area (Å²) in [5.74, 6) is -2.21. The number of nitrogens with zero attached hydrogens (tertiary/aromatic N) is 3. The number of amides is 1. The number of aliphatic hydroxyl groups is 1. The van der Waals surface area contributed by atoms with Gasteiger partial charge in [0.25, 0.3) is 5.91 Å². The average Bonchev–Trinajstić information content (AvgIpc) is 3.01. The number of aromatic nitrogens is 3. The lowest BCUT2D eigenvalue weighted by Gasteiger charge is -2.14. The smallest absolute Gasteiger partial charge is 0.251 e. The van der Waals surface area contributed by atoms with Crippen LogP contribution in [0.4, 0.5) is 8.78 Å². The Morgan fingerprint density at radius 1 is 1.28 bits per heavy atom. The second-order valence-corrected chi connectivity index (χ2v) is 5.47. The third-order valence-electron chi connectivity index (χ3n) is 3.86. The number of nitrogens with one attached hydrogen (secondary N) is 1. The van der Waals surface area contributed by atoms with Gasteiger partial charge in [-0.3, -0.25) is 4.79 Å². The fourth-order valence-corrected chi connectivity index (χ4v) is 2.57. The van der Waals surface area contributed by atoms with Crippen molar-refractivity contribution in [1.29, 1.82) is 0 Å². The lowest BCUT2D eigenvalue weighted by molar-refractivity contribution is 0.0911. The van der Waals surface area contributed by atoms with E-state index in [0.29, 0.717) is 17.6 Å². The van der Waals surface area contributed by atoms with E-state index in [-0.39, 0.29) is 6.54 Å².